The van der Waals surface area contributed by atoms with Gasteiger partial charge in [-0.3, -0.25) is 0 Å². The smallest absolute Gasteiger partial charge is 0.183 e. The van der Waals surface area contributed by atoms with Crippen LogP contribution in [0, 0.1) is 12.7 Å². The van der Waals surface area contributed by atoms with Gasteiger partial charge in [0.25, 0.3) is 0 Å². The predicted octanol–water partition coefficient (Wildman–Crippen LogP) is 2.54. The summed E-state index contributed by atoms with van der Waals surface area (Å²) in [6.45, 7) is 1.84. The fourth-order valence-corrected chi connectivity index (χ4v) is 1.74. The molecule has 2 aromatic heterocycles. The van der Waals surface area contributed by atoms with Gasteiger partial charge in [0.05, 0.1) is 0 Å². The van der Waals surface area contributed by atoms with Crippen molar-refractivity contribution in [3.05, 3.63) is 42.2 Å². The van der Waals surface area contributed by atoms with Crippen molar-refractivity contribution < 1.29 is 4.39 Å². The molecule has 0 radical (unpaired) electrons. The van der Waals surface area contributed by atoms with Crippen LogP contribution in [0.2, 0.25) is 0 Å². The van der Waals surface area contributed by atoms with Crippen molar-refractivity contribution in [3.63, 3.8) is 0 Å². The summed E-state index contributed by atoms with van der Waals surface area (Å²) in [4.78, 5) is 15.5. The van der Waals surface area contributed by atoms with Crippen molar-refractivity contribution in [2.75, 3.05) is 5.32 Å². The van der Waals surface area contributed by atoms with E-state index in [4.69, 9.17) is 0 Å². The first-order valence-electron chi connectivity index (χ1n) is 5.42. The van der Waals surface area contributed by atoms with Crippen LogP contribution < -0.4 is 5.32 Å². The number of fused-ring (bicyclic) bond motifs is 1. The Morgan fingerprint density at radius 1 is 1.28 bits per heavy atom. The number of anilines is 2. The molecule has 0 atom stereocenters. The largest absolute Gasteiger partial charge is 0.338 e. The molecule has 2 heterocycles. The van der Waals surface area contributed by atoms with Crippen LogP contribution in [0.4, 0.5) is 15.9 Å². The van der Waals surface area contributed by atoms with Crippen molar-refractivity contribution in [2.24, 2.45) is 0 Å². The average Bonchev–Trinajstić information content (AvgIpc) is 2.71. The summed E-state index contributed by atoms with van der Waals surface area (Å²) >= 11 is 0. The van der Waals surface area contributed by atoms with Crippen LogP contribution in [0.1, 0.15) is 5.82 Å². The maximum atomic E-state index is 13.1. The average molecular weight is 243 g/mol. The summed E-state index contributed by atoms with van der Waals surface area (Å²) in [6, 6.07) is 6.19. The molecule has 3 aromatic rings. The second kappa shape index (κ2) is 4.06. The molecule has 1 aromatic carbocycles. The molecule has 0 aliphatic rings. The van der Waals surface area contributed by atoms with Crippen LogP contribution >= 0.6 is 0 Å². The topological polar surface area (TPSA) is 66.5 Å². The van der Waals surface area contributed by atoms with Crippen LogP contribution in [-0.4, -0.2) is 19.9 Å². The van der Waals surface area contributed by atoms with E-state index in [9.17, 15) is 4.39 Å². The lowest BCUT2D eigenvalue weighted by atomic mass is 10.3. The Hall–Kier alpha value is -2.50. The summed E-state index contributed by atoms with van der Waals surface area (Å²) in [5.74, 6) is 1.03. The standard InChI is InChI=1S/C12H10FN5/c1-7-16-10-11(17-7)14-6-15-12(10)18-9-4-2-3-8(13)5-9/h2-6H,1H3,(H2,14,15,16,17,18). The van der Waals surface area contributed by atoms with Gasteiger partial charge in [-0.15, -0.1) is 0 Å². The number of aromatic amines is 1. The van der Waals surface area contributed by atoms with Crippen LogP contribution in [0.15, 0.2) is 30.6 Å². The fraction of sp³-hybridized carbons (Fsp3) is 0.0833. The zero-order valence-electron chi connectivity index (χ0n) is 9.61. The van der Waals surface area contributed by atoms with Crippen molar-refractivity contribution in [3.8, 4) is 0 Å². The monoisotopic (exact) mass is 243 g/mol. The van der Waals surface area contributed by atoms with Crippen LogP contribution in [-0.2, 0) is 0 Å². The molecule has 0 saturated heterocycles. The minimum absolute atomic E-state index is 0.300. The van der Waals surface area contributed by atoms with E-state index in [0.717, 1.165) is 5.82 Å². The highest BCUT2D eigenvalue weighted by atomic mass is 19.1. The highest BCUT2D eigenvalue weighted by Crippen LogP contribution is 2.21. The first-order valence-corrected chi connectivity index (χ1v) is 5.42. The first-order chi connectivity index (χ1) is 8.72. The first kappa shape index (κ1) is 10.6. The Morgan fingerprint density at radius 2 is 2.17 bits per heavy atom. The summed E-state index contributed by atoms with van der Waals surface area (Å²) in [5, 5.41) is 3.04. The SMILES string of the molecule is Cc1nc2ncnc(Nc3cccc(F)c3)c2[nH]1. The number of imidazole rings is 1. The van der Waals surface area contributed by atoms with Gasteiger partial charge in [0.15, 0.2) is 11.5 Å². The molecule has 5 nitrogen and oxygen atoms in total. The van der Waals surface area contributed by atoms with Crippen LogP contribution in [0.5, 0.6) is 0 Å². The number of benzene rings is 1. The van der Waals surface area contributed by atoms with E-state index in [2.05, 4.69) is 25.3 Å². The number of H-pyrrole nitrogens is 1. The Bertz CT molecular complexity index is 707. The van der Waals surface area contributed by atoms with E-state index in [1.165, 1.54) is 18.5 Å². The maximum Gasteiger partial charge on any atom is 0.183 e. The molecule has 6 heteroatoms. The number of hydrogen-bond donors (Lipinski definition) is 2. The normalized spacial score (nSPS) is 10.8. The number of nitrogens with zero attached hydrogens (tertiary/aromatic N) is 3. The molecule has 18 heavy (non-hydrogen) atoms. The Kier molecular flexibility index (Phi) is 2.40. The third-order valence-electron chi connectivity index (χ3n) is 2.49. The Labute approximate surface area is 102 Å². The number of halogens is 1. The van der Waals surface area contributed by atoms with Gasteiger partial charge >= 0.3 is 0 Å². The molecule has 90 valence electrons. The minimum atomic E-state index is -0.300. The second-order valence-corrected chi connectivity index (χ2v) is 3.88. The Morgan fingerprint density at radius 3 is 3.00 bits per heavy atom. The van der Waals surface area contributed by atoms with E-state index in [1.807, 2.05) is 6.92 Å². The molecular formula is C12H10FN5. The van der Waals surface area contributed by atoms with Gasteiger partial charge in [0.2, 0.25) is 0 Å². The van der Waals surface area contributed by atoms with Crippen molar-refractivity contribution in [2.45, 2.75) is 6.92 Å². The summed E-state index contributed by atoms with van der Waals surface area (Å²) < 4.78 is 13.1. The third-order valence-corrected chi connectivity index (χ3v) is 2.49. The molecule has 0 fully saturated rings. The second-order valence-electron chi connectivity index (χ2n) is 3.88. The maximum absolute atomic E-state index is 13.1. The van der Waals surface area contributed by atoms with Crippen LogP contribution in [0.3, 0.4) is 0 Å². The molecule has 0 aliphatic carbocycles. The van der Waals surface area contributed by atoms with Gasteiger partial charge in [-0.05, 0) is 25.1 Å². The molecular weight excluding hydrogens is 233 g/mol. The zero-order valence-corrected chi connectivity index (χ0v) is 9.61. The van der Waals surface area contributed by atoms with Crippen molar-refractivity contribution >= 4 is 22.7 Å². The summed E-state index contributed by atoms with van der Waals surface area (Å²) in [5.41, 5.74) is 1.92. The lowest BCUT2D eigenvalue weighted by Gasteiger charge is -2.05. The zero-order chi connectivity index (χ0) is 12.5. The van der Waals surface area contributed by atoms with E-state index >= 15 is 0 Å². The number of aryl methyl sites for hydroxylation is 1. The van der Waals surface area contributed by atoms with Gasteiger partial charge in [-0.2, -0.15) is 0 Å². The molecule has 0 saturated carbocycles. The molecule has 0 spiro atoms. The van der Waals surface area contributed by atoms with Gasteiger partial charge in [0.1, 0.15) is 23.5 Å². The number of rotatable bonds is 2. The number of hydrogen-bond acceptors (Lipinski definition) is 4. The van der Waals surface area contributed by atoms with Gasteiger partial charge in [-0.25, -0.2) is 19.3 Å². The molecule has 2 N–H and O–H groups in total. The molecule has 0 amide bonds. The lowest BCUT2D eigenvalue weighted by Crippen LogP contribution is -1.96. The highest BCUT2D eigenvalue weighted by Gasteiger charge is 2.07. The van der Waals surface area contributed by atoms with E-state index < -0.39 is 0 Å². The highest BCUT2D eigenvalue weighted by molar-refractivity contribution is 5.84. The molecule has 3 rings (SSSR count). The van der Waals surface area contributed by atoms with E-state index in [1.54, 1.807) is 12.1 Å². The third kappa shape index (κ3) is 1.88. The van der Waals surface area contributed by atoms with Crippen molar-refractivity contribution in [1.29, 1.82) is 0 Å². The molecule has 0 aliphatic heterocycles. The summed E-state index contributed by atoms with van der Waals surface area (Å²) in [7, 11) is 0. The van der Waals surface area contributed by atoms with E-state index in [0.29, 0.717) is 22.7 Å². The van der Waals surface area contributed by atoms with Crippen LogP contribution in [0.25, 0.3) is 11.2 Å². The lowest BCUT2D eigenvalue weighted by molar-refractivity contribution is 0.628. The van der Waals surface area contributed by atoms with Gasteiger partial charge in [-0.1, -0.05) is 6.07 Å². The quantitative estimate of drug-likeness (QED) is 0.725. The van der Waals surface area contributed by atoms with Gasteiger partial charge in [0, 0.05) is 5.69 Å². The van der Waals surface area contributed by atoms with Crippen molar-refractivity contribution in [1.82, 2.24) is 19.9 Å². The number of aromatic nitrogens is 4. The number of nitrogens with one attached hydrogen (secondary N) is 2. The molecule has 0 bridgehead atoms. The molecule has 0 unspecified atom stereocenters. The minimum Gasteiger partial charge on any atom is -0.338 e. The van der Waals surface area contributed by atoms with E-state index in [-0.39, 0.29) is 5.82 Å². The Balaban J connectivity index is 2.04. The fourth-order valence-electron chi connectivity index (χ4n) is 1.74. The van der Waals surface area contributed by atoms with Gasteiger partial charge < -0.3 is 10.3 Å². The predicted molar refractivity (Wildman–Crippen MR) is 66.1 cm³/mol. The summed E-state index contributed by atoms with van der Waals surface area (Å²) in [6.07, 6.45) is 1.42.